The molecule has 3 heteroatoms. The average molecular weight is 265 g/mol. The first kappa shape index (κ1) is 12.3. The maximum Gasteiger partial charge on any atom is 0.0407 e. The van der Waals surface area contributed by atoms with Crippen molar-refractivity contribution in [3.05, 3.63) is 29.3 Å². The van der Waals surface area contributed by atoms with Crippen molar-refractivity contribution >= 4 is 17.3 Å². The van der Waals surface area contributed by atoms with Gasteiger partial charge in [0.15, 0.2) is 0 Å². The van der Waals surface area contributed by atoms with Gasteiger partial charge in [-0.1, -0.05) is 24.4 Å². The van der Waals surface area contributed by atoms with Gasteiger partial charge in [-0.3, -0.25) is 0 Å². The first-order chi connectivity index (χ1) is 8.83. The zero-order valence-electron chi connectivity index (χ0n) is 10.7. The number of nitrogens with one attached hydrogen (secondary N) is 1. The lowest BCUT2D eigenvalue weighted by molar-refractivity contribution is 0.334. The second-order valence-corrected chi connectivity index (χ2v) is 5.96. The van der Waals surface area contributed by atoms with Crippen LogP contribution < -0.4 is 10.2 Å². The smallest absolute Gasteiger partial charge is 0.0407 e. The first-order valence-corrected chi connectivity index (χ1v) is 7.44. The second kappa shape index (κ2) is 5.50. The zero-order valence-corrected chi connectivity index (χ0v) is 11.5. The Kier molecular flexibility index (Phi) is 3.76. The Morgan fingerprint density at radius 2 is 1.83 bits per heavy atom. The molecule has 0 radical (unpaired) electrons. The molecule has 1 N–H and O–H groups in total. The molecule has 1 aromatic rings. The molecule has 1 aliphatic heterocycles. The molecule has 1 saturated heterocycles. The standard InChI is InChI=1S/C15H21ClN2/c16-13-5-7-14(8-6-13)18-10-9-17-15(11-18)12-3-1-2-4-12/h5-8,12,15,17H,1-4,9-11H2. The van der Waals surface area contributed by atoms with E-state index in [-0.39, 0.29) is 0 Å². The average Bonchev–Trinajstić information content (AvgIpc) is 2.94. The topological polar surface area (TPSA) is 15.3 Å². The predicted molar refractivity (Wildman–Crippen MR) is 77.4 cm³/mol. The summed E-state index contributed by atoms with van der Waals surface area (Å²) < 4.78 is 0. The Morgan fingerprint density at radius 3 is 2.56 bits per heavy atom. The molecule has 1 heterocycles. The number of hydrogen-bond donors (Lipinski definition) is 1. The molecule has 0 spiro atoms. The van der Waals surface area contributed by atoms with Crippen molar-refractivity contribution in [1.29, 1.82) is 0 Å². The van der Waals surface area contributed by atoms with Crippen LogP contribution >= 0.6 is 11.6 Å². The molecule has 1 aromatic carbocycles. The largest absolute Gasteiger partial charge is 0.369 e. The van der Waals surface area contributed by atoms with Gasteiger partial charge >= 0.3 is 0 Å². The summed E-state index contributed by atoms with van der Waals surface area (Å²) in [6.07, 6.45) is 5.66. The summed E-state index contributed by atoms with van der Waals surface area (Å²) in [5.41, 5.74) is 1.31. The van der Waals surface area contributed by atoms with Gasteiger partial charge in [-0.2, -0.15) is 0 Å². The molecule has 18 heavy (non-hydrogen) atoms. The molecular weight excluding hydrogens is 244 g/mol. The van der Waals surface area contributed by atoms with Gasteiger partial charge in [0.25, 0.3) is 0 Å². The number of anilines is 1. The highest BCUT2D eigenvalue weighted by atomic mass is 35.5. The molecule has 98 valence electrons. The van der Waals surface area contributed by atoms with Crippen molar-refractivity contribution in [3.8, 4) is 0 Å². The number of rotatable bonds is 2. The van der Waals surface area contributed by atoms with E-state index in [2.05, 4.69) is 22.3 Å². The summed E-state index contributed by atoms with van der Waals surface area (Å²) in [5, 5.41) is 4.52. The van der Waals surface area contributed by atoms with E-state index in [4.69, 9.17) is 11.6 Å². The number of hydrogen-bond acceptors (Lipinski definition) is 2. The van der Waals surface area contributed by atoms with E-state index in [1.165, 1.54) is 31.4 Å². The van der Waals surface area contributed by atoms with E-state index >= 15 is 0 Å². The van der Waals surface area contributed by atoms with Gasteiger partial charge in [-0.25, -0.2) is 0 Å². The van der Waals surface area contributed by atoms with Crippen molar-refractivity contribution in [1.82, 2.24) is 5.32 Å². The molecule has 1 saturated carbocycles. The molecular formula is C15H21ClN2. The monoisotopic (exact) mass is 264 g/mol. The van der Waals surface area contributed by atoms with Crippen LogP contribution in [0.1, 0.15) is 25.7 Å². The Morgan fingerprint density at radius 1 is 1.11 bits per heavy atom. The quantitative estimate of drug-likeness (QED) is 0.882. The molecule has 2 nitrogen and oxygen atoms in total. The predicted octanol–water partition coefficient (Wildman–Crippen LogP) is 3.31. The summed E-state index contributed by atoms with van der Waals surface area (Å²) in [6.45, 7) is 3.35. The Hall–Kier alpha value is -0.730. The van der Waals surface area contributed by atoms with Gasteiger partial charge in [0.2, 0.25) is 0 Å². The summed E-state index contributed by atoms with van der Waals surface area (Å²) >= 11 is 5.95. The van der Waals surface area contributed by atoms with E-state index in [1.54, 1.807) is 0 Å². The highest BCUT2D eigenvalue weighted by Gasteiger charge is 2.28. The maximum absolute atomic E-state index is 5.95. The number of halogens is 1. The third-order valence-electron chi connectivity index (χ3n) is 4.37. The third kappa shape index (κ3) is 2.65. The minimum absolute atomic E-state index is 0.678. The number of piperazine rings is 1. The lowest BCUT2D eigenvalue weighted by Crippen LogP contribution is -2.53. The molecule has 2 aliphatic rings. The minimum Gasteiger partial charge on any atom is -0.369 e. The van der Waals surface area contributed by atoms with Gasteiger partial charge in [0.05, 0.1) is 0 Å². The van der Waals surface area contributed by atoms with Crippen LogP contribution in [0.15, 0.2) is 24.3 Å². The molecule has 0 aromatic heterocycles. The molecule has 2 fully saturated rings. The van der Waals surface area contributed by atoms with Gasteiger partial charge < -0.3 is 10.2 Å². The fraction of sp³-hybridized carbons (Fsp3) is 0.600. The van der Waals surface area contributed by atoms with Crippen LogP contribution in [0.4, 0.5) is 5.69 Å². The second-order valence-electron chi connectivity index (χ2n) is 5.53. The zero-order chi connectivity index (χ0) is 12.4. The number of nitrogens with zero attached hydrogens (tertiary/aromatic N) is 1. The van der Waals surface area contributed by atoms with Crippen LogP contribution in [-0.4, -0.2) is 25.7 Å². The van der Waals surface area contributed by atoms with Crippen molar-refractivity contribution in [2.45, 2.75) is 31.7 Å². The van der Waals surface area contributed by atoms with Crippen LogP contribution in [0.2, 0.25) is 5.02 Å². The van der Waals surface area contributed by atoms with Crippen LogP contribution in [0.25, 0.3) is 0 Å². The molecule has 0 bridgehead atoms. The fourth-order valence-corrected chi connectivity index (χ4v) is 3.47. The first-order valence-electron chi connectivity index (χ1n) is 7.07. The molecule has 0 amide bonds. The lowest BCUT2D eigenvalue weighted by atomic mass is 9.96. The van der Waals surface area contributed by atoms with E-state index in [0.717, 1.165) is 30.6 Å². The van der Waals surface area contributed by atoms with E-state index < -0.39 is 0 Å². The summed E-state index contributed by atoms with van der Waals surface area (Å²) in [4.78, 5) is 2.50. The van der Waals surface area contributed by atoms with Crippen LogP contribution in [0, 0.1) is 5.92 Å². The van der Waals surface area contributed by atoms with Crippen molar-refractivity contribution in [3.63, 3.8) is 0 Å². The Labute approximate surface area is 114 Å². The van der Waals surface area contributed by atoms with Crippen LogP contribution in [0.3, 0.4) is 0 Å². The molecule has 1 aliphatic carbocycles. The Balaban J connectivity index is 1.67. The van der Waals surface area contributed by atoms with Crippen LogP contribution in [-0.2, 0) is 0 Å². The number of benzene rings is 1. The minimum atomic E-state index is 0.678. The fourth-order valence-electron chi connectivity index (χ4n) is 3.34. The van der Waals surface area contributed by atoms with Gasteiger partial charge in [0.1, 0.15) is 0 Å². The molecule has 1 unspecified atom stereocenters. The maximum atomic E-state index is 5.95. The molecule has 3 rings (SSSR count). The van der Waals surface area contributed by atoms with Gasteiger partial charge in [-0.15, -0.1) is 0 Å². The van der Waals surface area contributed by atoms with Crippen molar-refractivity contribution < 1.29 is 0 Å². The normalized spacial score (nSPS) is 25.6. The van der Waals surface area contributed by atoms with Crippen LogP contribution in [0.5, 0.6) is 0 Å². The van der Waals surface area contributed by atoms with Gasteiger partial charge in [-0.05, 0) is 43.0 Å². The highest BCUT2D eigenvalue weighted by Crippen LogP contribution is 2.30. The van der Waals surface area contributed by atoms with E-state index in [9.17, 15) is 0 Å². The highest BCUT2D eigenvalue weighted by molar-refractivity contribution is 6.30. The summed E-state index contributed by atoms with van der Waals surface area (Å²) in [5.74, 6) is 0.889. The third-order valence-corrected chi connectivity index (χ3v) is 4.62. The SMILES string of the molecule is Clc1ccc(N2CCNC(C3CCCC3)C2)cc1. The van der Waals surface area contributed by atoms with E-state index in [0.29, 0.717) is 6.04 Å². The van der Waals surface area contributed by atoms with E-state index in [1.807, 2.05) is 12.1 Å². The Bertz CT molecular complexity index is 384. The lowest BCUT2D eigenvalue weighted by Gasteiger charge is -2.38. The van der Waals surface area contributed by atoms with Crippen molar-refractivity contribution in [2.24, 2.45) is 5.92 Å². The molecule has 1 atom stereocenters. The summed E-state index contributed by atoms with van der Waals surface area (Å²) in [6, 6.07) is 8.93. The van der Waals surface area contributed by atoms with Crippen molar-refractivity contribution in [2.75, 3.05) is 24.5 Å². The summed E-state index contributed by atoms with van der Waals surface area (Å²) in [7, 11) is 0. The van der Waals surface area contributed by atoms with Gasteiger partial charge in [0, 0.05) is 36.4 Å².